The molecule has 0 amide bonds. The normalized spacial score (nSPS) is 11.6. The Hall–Kier alpha value is -2.96. The van der Waals surface area contributed by atoms with E-state index in [0.29, 0.717) is 0 Å². The highest BCUT2D eigenvalue weighted by molar-refractivity contribution is 5.54. The number of benzene rings is 2. The molecule has 0 bridgehead atoms. The van der Waals surface area contributed by atoms with Crippen LogP contribution in [0.1, 0.15) is 5.56 Å². The highest BCUT2D eigenvalue weighted by Crippen LogP contribution is 2.24. The molecule has 108 valence electrons. The summed E-state index contributed by atoms with van der Waals surface area (Å²) in [6, 6.07) is 13.4. The maximum atomic E-state index is 10.2. The number of nitrogens with one attached hydrogen (secondary N) is 1. The number of nitrogens with zero attached hydrogens (tertiary/aromatic N) is 2. The van der Waals surface area contributed by atoms with Gasteiger partial charge in [0.25, 0.3) is 0 Å². The number of hydrogen-bond donors (Lipinski definition) is 1. The largest absolute Gasteiger partial charge is 0.384 e. The number of hydrogen-bond acceptors (Lipinski definition) is 5. The van der Waals surface area contributed by atoms with Crippen LogP contribution in [-0.2, 0) is 6.42 Å². The van der Waals surface area contributed by atoms with Gasteiger partial charge in [0.15, 0.2) is 0 Å². The first kappa shape index (κ1) is 14.4. The summed E-state index contributed by atoms with van der Waals surface area (Å²) < 4.78 is 0. The van der Waals surface area contributed by atoms with Crippen LogP contribution >= 0.6 is 0 Å². The standard InChI is InChI=1S/C8H9N.C6H4N2O4/c1-2-4-8-7(3-1)5-6-9-8;9-7(10)5-3-1-2-4-6(5)8(11)12/h1-4,9H,5-6H2;1-4H. The highest BCUT2D eigenvalue weighted by atomic mass is 16.6. The summed E-state index contributed by atoms with van der Waals surface area (Å²) in [5, 5.41) is 23.8. The van der Waals surface area contributed by atoms with E-state index in [2.05, 4.69) is 29.6 Å². The van der Waals surface area contributed by atoms with E-state index in [1.807, 2.05) is 0 Å². The molecule has 0 radical (unpaired) electrons. The van der Waals surface area contributed by atoms with Gasteiger partial charge in [0.2, 0.25) is 0 Å². The molecule has 0 saturated heterocycles. The third kappa shape index (κ3) is 3.53. The Balaban J connectivity index is 0.000000159. The number of anilines is 1. The fraction of sp³-hybridized carbons (Fsp3) is 0.143. The third-order valence-corrected chi connectivity index (χ3v) is 3.00. The van der Waals surface area contributed by atoms with E-state index in [1.54, 1.807) is 0 Å². The number of nitro benzene ring substituents is 2. The van der Waals surface area contributed by atoms with Crippen molar-refractivity contribution < 1.29 is 9.85 Å². The second-order valence-corrected chi connectivity index (χ2v) is 4.34. The Morgan fingerprint density at radius 1 is 0.857 bits per heavy atom. The van der Waals surface area contributed by atoms with Crippen LogP contribution in [-0.4, -0.2) is 16.4 Å². The van der Waals surface area contributed by atoms with Crippen molar-refractivity contribution in [2.24, 2.45) is 0 Å². The van der Waals surface area contributed by atoms with Crippen molar-refractivity contribution in [1.82, 2.24) is 0 Å². The smallest absolute Gasteiger partial charge is 0.346 e. The van der Waals surface area contributed by atoms with Gasteiger partial charge in [-0.25, -0.2) is 0 Å². The summed E-state index contributed by atoms with van der Waals surface area (Å²) in [5.74, 6) is 0. The van der Waals surface area contributed by atoms with Crippen LogP contribution in [0.2, 0.25) is 0 Å². The van der Waals surface area contributed by atoms with Crippen molar-refractivity contribution in [3.63, 3.8) is 0 Å². The molecule has 2 aromatic rings. The quantitative estimate of drug-likeness (QED) is 0.675. The van der Waals surface area contributed by atoms with Gasteiger partial charge in [0, 0.05) is 24.4 Å². The SMILES string of the molecule is O=[N+]([O-])c1ccccc1[N+](=O)[O-].c1ccc2c(c1)CCN2. The molecule has 7 heteroatoms. The average Bonchev–Trinajstić information content (AvgIpc) is 2.96. The van der Waals surface area contributed by atoms with E-state index in [-0.39, 0.29) is 0 Å². The molecule has 1 heterocycles. The Morgan fingerprint density at radius 3 is 1.90 bits per heavy atom. The second-order valence-electron chi connectivity index (χ2n) is 4.34. The lowest BCUT2D eigenvalue weighted by atomic mass is 10.2. The molecule has 1 aliphatic heterocycles. The minimum absolute atomic E-state index is 0.484. The van der Waals surface area contributed by atoms with E-state index < -0.39 is 21.2 Å². The zero-order valence-electron chi connectivity index (χ0n) is 11.1. The van der Waals surface area contributed by atoms with Gasteiger partial charge in [-0.2, -0.15) is 0 Å². The molecule has 1 aliphatic rings. The Morgan fingerprint density at radius 2 is 1.38 bits per heavy atom. The first-order valence-electron chi connectivity index (χ1n) is 6.29. The van der Waals surface area contributed by atoms with E-state index in [9.17, 15) is 20.2 Å². The lowest BCUT2D eigenvalue weighted by Crippen LogP contribution is -1.95. The minimum Gasteiger partial charge on any atom is -0.384 e. The molecular formula is C14H13N3O4. The Bertz CT molecular complexity index is 617. The number of fused-ring (bicyclic) bond motifs is 1. The van der Waals surface area contributed by atoms with Crippen LogP contribution in [0.3, 0.4) is 0 Å². The number of rotatable bonds is 2. The van der Waals surface area contributed by atoms with Crippen LogP contribution in [0.4, 0.5) is 17.1 Å². The summed E-state index contributed by atoms with van der Waals surface area (Å²) in [6.45, 7) is 1.11. The third-order valence-electron chi connectivity index (χ3n) is 3.00. The summed E-state index contributed by atoms with van der Waals surface area (Å²) in [5.41, 5.74) is 1.81. The molecule has 3 rings (SSSR count). The van der Waals surface area contributed by atoms with Gasteiger partial charge in [-0.3, -0.25) is 20.2 Å². The monoisotopic (exact) mass is 287 g/mol. The molecule has 0 saturated carbocycles. The van der Waals surface area contributed by atoms with Crippen LogP contribution in [0.5, 0.6) is 0 Å². The first-order valence-corrected chi connectivity index (χ1v) is 6.29. The van der Waals surface area contributed by atoms with Crippen molar-refractivity contribution in [2.45, 2.75) is 6.42 Å². The van der Waals surface area contributed by atoms with Crippen molar-refractivity contribution in [3.8, 4) is 0 Å². The van der Waals surface area contributed by atoms with Crippen LogP contribution in [0.15, 0.2) is 48.5 Å². The van der Waals surface area contributed by atoms with Gasteiger partial charge >= 0.3 is 11.4 Å². The fourth-order valence-corrected chi connectivity index (χ4v) is 2.02. The van der Waals surface area contributed by atoms with Crippen molar-refractivity contribution in [3.05, 3.63) is 74.3 Å². The van der Waals surface area contributed by atoms with Crippen molar-refractivity contribution in [1.29, 1.82) is 0 Å². The fourth-order valence-electron chi connectivity index (χ4n) is 2.02. The van der Waals surface area contributed by atoms with Crippen LogP contribution < -0.4 is 5.32 Å². The molecule has 0 aliphatic carbocycles. The van der Waals surface area contributed by atoms with E-state index in [1.165, 1.54) is 29.8 Å². The molecule has 0 unspecified atom stereocenters. The molecule has 2 aromatic carbocycles. The Kier molecular flexibility index (Phi) is 4.45. The number of para-hydroxylation sites is 3. The van der Waals surface area contributed by atoms with Crippen molar-refractivity contribution >= 4 is 17.1 Å². The van der Waals surface area contributed by atoms with Gasteiger partial charge in [-0.1, -0.05) is 30.3 Å². The molecule has 7 nitrogen and oxygen atoms in total. The van der Waals surface area contributed by atoms with E-state index in [4.69, 9.17) is 0 Å². The van der Waals surface area contributed by atoms with Gasteiger partial charge in [-0.15, -0.1) is 0 Å². The zero-order valence-corrected chi connectivity index (χ0v) is 11.1. The predicted molar refractivity (Wildman–Crippen MR) is 78.4 cm³/mol. The lowest BCUT2D eigenvalue weighted by Gasteiger charge is -1.94. The van der Waals surface area contributed by atoms with Gasteiger partial charge in [0.05, 0.1) is 9.85 Å². The highest BCUT2D eigenvalue weighted by Gasteiger charge is 2.21. The number of nitro groups is 2. The minimum atomic E-state index is -0.780. The first-order chi connectivity index (χ1) is 10.1. The molecule has 0 fully saturated rings. The maximum Gasteiger partial charge on any atom is 0.346 e. The van der Waals surface area contributed by atoms with Crippen LogP contribution in [0, 0.1) is 20.2 Å². The second kappa shape index (κ2) is 6.47. The van der Waals surface area contributed by atoms with E-state index in [0.717, 1.165) is 18.7 Å². The zero-order chi connectivity index (χ0) is 15.2. The summed E-state index contributed by atoms with van der Waals surface area (Å²) in [4.78, 5) is 18.9. The molecule has 1 N–H and O–H groups in total. The van der Waals surface area contributed by atoms with Gasteiger partial charge in [-0.05, 0) is 18.1 Å². The van der Waals surface area contributed by atoms with E-state index >= 15 is 0 Å². The molecule has 0 atom stereocenters. The Labute approximate surface area is 120 Å². The summed E-state index contributed by atoms with van der Waals surface area (Å²) >= 11 is 0. The van der Waals surface area contributed by atoms with Crippen molar-refractivity contribution in [2.75, 3.05) is 11.9 Å². The molecule has 21 heavy (non-hydrogen) atoms. The predicted octanol–water partition coefficient (Wildman–Crippen LogP) is 3.16. The maximum absolute atomic E-state index is 10.2. The van der Waals surface area contributed by atoms with Gasteiger partial charge < -0.3 is 5.32 Å². The average molecular weight is 287 g/mol. The molecule has 0 spiro atoms. The van der Waals surface area contributed by atoms with Crippen LogP contribution in [0.25, 0.3) is 0 Å². The van der Waals surface area contributed by atoms with Gasteiger partial charge in [0.1, 0.15) is 0 Å². The molecular weight excluding hydrogens is 274 g/mol. The lowest BCUT2D eigenvalue weighted by molar-refractivity contribution is -0.422. The molecule has 0 aromatic heterocycles. The topological polar surface area (TPSA) is 98.3 Å². The summed E-state index contributed by atoms with van der Waals surface area (Å²) in [6.07, 6.45) is 1.19. The summed E-state index contributed by atoms with van der Waals surface area (Å²) in [7, 11) is 0.